The van der Waals surface area contributed by atoms with E-state index in [-0.39, 0.29) is 17.5 Å². The molecule has 2 amide bonds. The fourth-order valence-electron chi connectivity index (χ4n) is 3.32. The molecule has 1 N–H and O–H groups in total. The van der Waals surface area contributed by atoms with Crippen molar-refractivity contribution in [3.05, 3.63) is 64.3 Å². The van der Waals surface area contributed by atoms with Crippen LogP contribution in [0.1, 0.15) is 20.8 Å². The van der Waals surface area contributed by atoms with Crippen molar-refractivity contribution < 1.29 is 9.59 Å². The minimum absolute atomic E-state index is 0.105. The maximum Gasteiger partial charge on any atom is 0.326 e. The highest BCUT2D eigenvalue weighted by Gasteiger charge is 2.26. The van der Waals surface area contributed by atoms with E-state index < -0.39 is 0 Å². The lowest BCUT2D eigenvalue weighted by atomic mass is 10.1. The van der Waals surface area contributed by atoms with Crippen molar-refractivity contribution in [2.45, 2.75) is 0 Å². The Hall–Kier alpha value is -3.42. The largest absolute Gasteiger partial charge is 0.335 e. The standard InChI is InChI=1S/C19H19N5O3/c1-22-16-6-5-13(12-15(16)21-19(22)27)17(25)23-8-10-24(11-9-23)18(26)14-4-2-3-7-20-14/h2-7,12H,8-11H2,1H3,(H,21,27). The number of imidazole rings is 1. The summed E-state index contributed by atoms with van der Waals surface area (Å²) in [5.41, 5.74) is 2.11. The number of hydrogen-bond acceptors (Lipinski definition) is 4. The van der Waals surface area contributed by atoms with Crippen LogP contribution in [0.4, 0.5) is 0 Å². The Morgan fingerprint density at radius 3 is 2.37 bits per heavy atom. The van der Waals surface area contributed by atoms with Gasteiger partial charge in [0.1, 0.15) is 5.69 Å². The minimum Gasteiger partial charge on any atom is -0.335 e. The number of rotatable bonds is 2. The summed E-state index contributed by atoms with van der Waals surface area (Å²) in [5.74, 6) is -0.225. The van der Waals surface area contributed by atoms with Crippen LogP contribution in [-0.4, -0.2) is 62.3 Å². The van der Waals surface area contributed by atoms with Gasteiger partial charge in [0.15, 0.2) is 0 Å². The van der Waals surface area contributed by atoms with Crippen LogP contribution >= 0.6 is 0 Å². The summed E-state index contributed by atoms with van der Waals surface area (Å²) >= 11 is 0. The van der Waals surface area contributed by atoms with Gasteiger partial charge in [-0.15, -0.1) is 0 Å². The zero-order valence-electron chi connectivity index (χ0n) is 14.9. The number of aromatic amines is 1. The Labute approximate surface area is 155 Å². The topological polar surface area (TPSA) is 91.3 Å². The number of pyridine rings is 1. The number of piperazine rings is 1. The number of H-pyrrole nitrogens is 1. The molecule has 1 aliphatic rings. The molecule has 3 heterocycles. The average molecular weight is 365 g/mol. The molecule has 3 aromatic rings. The van der Waals surface area contributed by atoms with E-state index in [1.165, 1.54) is 4.57 Å². The van der Waals surface area contributed by atoms with E-state index in [9.17, 15) is 14.4 Å². The predicted octanol–water partition coefficient (Wildman–Crippen LogP) is 0.860. The van der Waals surface area contributed by atoms with Crippen LogP contribution < -0.4 is 5.69 Å². The molecule has 0 aliphatic carbocycles. The van der Waals surface area contributed by atoms with E-state index in [0.29, 0.717) is 43.0 Å². The Bertz CT molecular complexity index is 1060. The molecule has 1 aliphatic heterocycles. The monoisotopic (exact) mass is 365 g/mol. The van der Waals surface area contributed by atoms with Crippen molar-refractivity contribution in [3.8, 4) is 0 Å². The maximum atomic E-state index is 12.8. The van der Waals surface area contributed by atoms with Crippen LogP contribution in [0.2, 0.25) is 0 Å². The van der Waals surface area contributed by atoms with Gasteiger partial charge in [-0.05, 0) is 30.3 Å². The predicted molar refractivity (Wildman–Crippen MR) is 99.6 cm³/mol. The van der Waals surface area contributed by atoms with Gasteiger partial charge in [-0.2, -0.15) is 0 Å². The quantitative estimate of drug-likeness (QED) is 0.729. The van der Waals surface area contributed by atoms with E-state index in [1.54, 1.807) is 59.4 Å². The van der Waals surface area contributed by atoms with Crippen LogP contribution in [0, 0.1) is 0 Å². The zero-order chi connectivity index (χ0) is 19.0. The molecule has 27 heavy (non-hydrogen) atoms. The first kappa shape index (κ1) is 17.0. The van der Waals surface area contributed by atoms with Gasteiger partial charge >= 0.3 is 5.69 Å². The third kappa shape index (κ3) is 3.10. The highest BCUT2D eigenvalue weighted by molar-refractivity contribution is 5.98. The number of nitrogens with zero attached hydrogens (tertiary/aromatic N) is 4. The Balaban J connectivity index is 1.46. The zero-order valence-corrected chi connectivity index (χ0v) is 14.9. The first-order chi connectivity index (χ1) is 13.0. The third-order valence-corrected chi connectivity index (χ3v) is 4.89. The number of fused-ring (bicyclic) bond motifs is 1. The second-order valence-corrected chi connectivity index (χ2v) is 6.52. The molecule has 1 aromatic carbocycles. The Morgan fingerprint density at radius 1 is 1.00 bits per heavy atom. The van der Waals surface area contributed by atoms with Crippen molar-refractivity contribution in [2.75, 3.05) is 26.2 Å². The molecule has 8 nitrogen and oxygen atoms in total. The van der Waals surface area contributed by atoms with E-state index in [4.69, 9.17) is 0 Å². The summed E-state index contributed by atoms with van der Waals surface area (Å²) in [7, 11) is 1.68. The van der Waals surface area contributed by atoms with E-state index in [2.05, 4.69) is 9.97 Å². The highest BCUT2D eigenvalue weighted by atomic mass is 16.2. The van der Waals surface area contributed by atoms with Gasteiger partial charge in [0.2, 0.25) is 0 Å². The van der Waals surface area contributed by atoms with Crippen molar-refractivity contribution in [3.63, 3.8) is 0 Å². The van der Waals surface area contributed by atoms with Crippen molar-refractivity contribution in [1.29, 1.82) is 0 Å². The van der Waals surface area contributed by atoms with Crippen LogP contribution in [0.15, 0.2) is 47.4 Å². The van der Waals surface area contributed by atoms with Crippen molar-refractivity contribution in [1.82, 2.24) is 24.3 Å². The maximum absolute atomic E-state index is 12.8. The molecule has 0 bridgehead atoms. The number of benzene rings is 1. The molecule has 0 radical (unpaired) electrons. The first-order valence-electron chi connectivity index (χ1n) is 8.73. The summed E-state index contributed by atoms with van der Waals surface area (Å²) in [6, 6.07) is 10.4. The second kappa shape index (κ2) is 6.71. The van der Waals surface area contributed by atoms with Gasteiger partial charge in [0, 0.05) is 45.0 Å². The summed E-state index contributed by atoms with van der Waals surface area (Å²) in [6.07, 6.45) is 1.59. The summed E-state index contributed by atoms with van der Waals surface area (Å²) in [6.45, 7) is 1.85. The number of carbonyl (C=O) groups is 2. The molecule has 0 saturated carbocycles. The molecule has 138 valence electrons. The molecule has 1 saturated heterocycles. The molecule has 4 rings (SSSR count). The van der Waals surface area contributed by atoms with Crippen molar-refractivity contribution in [2.24, 2.45) is 7.05 Å². The number of aromatic nitrogens is 3. The van der Waals surface area contributed by atoms with Crippen molar-refractivity contribution >= 4 is 22.8 Å². The van der Waals surface area contributed by atoms with Crippen LogP contribution in [-0.2, 0) is 7.05 Å². The lowest BCUT2D eigenvalue weighted by molar-refractivity contribution is 0.0532. The van der Waals surface area contributed by atoms with Gasteiger partial charge in [0.25, 0.3) is 11.8 Å². The molecule has 0 atom stereocenters. The SMILES string of the molecule is Cn1c(=O)[nH]c2cc(C(=O)N3CCN(C(=O)c4ccccn4)CC3)ccc21. The Morgan fingerprint density at radius 2 is 1.70 bits per heavy atom. The van der Waals surface area contributed by atoms with Gasteiger partial charge in [-0.3, -0.25) is 19.1 Å². The Kier molecular flexibility index (Phi) is 4.23. The van der Waals surface area contributed by atoms with Gasteiger partial charge in [-0.25, -0.2) is 4.79 Å². The summed E-state index contributed by atoms with van der Waals surface area (Å²) in [4.78, 5) is 47.2. The molecule has 0 spiro atoms. The van der Waals surface area contributed by atoms with Crippen LogP contribution in [0.3, 0.4) is 0 Å². The fourth-order valence-corrected chi connectivity index (χ4v) is 3.32. The first-order valence-corrected chi connectivity index (χ1v) is 8.73. The van der Waals surface area contributed by atoms with E-state index in [0.717, 1.165) is 5.52 Å². The number of hydrogen-bond donors (Lipinski definition) is 1. The van der Waals surface area contributed by atoms with E-state index >= 15 is 0 Å². The second-order valence-electron chi connectivity index (χ2n) is 6.52. The normalized spacial score (nSPS) is 14.6. The lowest BCUT2D eigenvalue weighted by Crippen LogP contribution is -2.50. The van der Waals surface area contributed by atoms with Gasteiger partial charge in [0.05, 0.1) is 11.0 Å². The summed E-state index contributed by atoms with van der Waals surface area (Å²) in [5, 5.41) is 0. The van der Waals surface area contributed by atoms with Gasteiger partial charge < -0.3 is 14.8 Å². The summed E-state index contributed by atoms with van der Waals surface area (Å²) < 4.78 is 1.51. The van der Waals surface area contributed by atoms with Gasteiger partial charge in [-0.1, -0.05) is 6.07 Å². The number of carbonyl (C=O) groups excluding carboxylic acids is 2. The average Bonchev–Trinajstić information content (AvgIpc) is 3.01. The molecule has 8 heteroatoms. The molecular weight excluding hydrogens is 346 g/mol. The fraction of sp³-hybridized carbons (Fsp3) is 0.263. The van der Waals surface area contributed by atoms with Crippen LogP contribution in [0.25, 0.3) is 11.0 Å². The number of amides is 2. The molecule has 1 fully saturated rings. The third-order valence-electron chi connectivity index (χ3n) is 4.89. The molecule has 0 unspecified atom stereocenters. The lowest BCUT2D eigenvalue weighted by Gasteiger charge is -2.34. The minimum atomic E-state index is -0.212. The van der Waals surface area contributed by atoms with Crippen LogP contribution in [0.5, 0.6) is 0 Å². The molecular formula is C19H19N5O3. The highest BCUT2D eigenvalue weighted by Crippen LogP contribution is 2.15. The molecule has 2 aromatic heterocycles. The number of aryl methyl sites for hydroxylation is 1. The van der Waals surface area contributed by atoms with E-state index in [1.807, 2.05) is 0 Å². The number of nitrogens with one attached hydrogen (secondary N) is 1. The smallest absolute Gasteiger partial charge is 0.326 e.